The van der Waals surface area contributed by atoms with Crippen molar-refractivity contribution in [1.29, 1.82) is 0 Å². The Labute approximate surface area is 195 Å². The Morgan fingerprint density at radius 3 is 2.38 bits per heavy atom. The summed E-state index contributed by atoms with van der Waals surface area (Å²) >= 11 is 0. The number of fused-ring (bicyclic) bond motifs is 5. The molecule has 32 heavy (non-hydrogen) atoms. The highest BCUT2D eigenvalue weighted by Gasteiger charge is 2.63. The summed E-state index contributed by atoms with van der Waals surface area (Å²) in [6.07, 6.45) is 13.1. The van der Waals surface area contributed by atoms with Crippen molar-refractivity contribution in [2.45, 2.75) is 111 Å². The molecule has 0 radical (unpaired) electrons. The van der Waals surface area contributed by atoms with Crippen molar-refractivity contribution >= 4 is 0 Å². The van der Waals surface area contributed by atoms with Crippen LogP contribution in [0.25, 0.3) is 0 Å². The smallest absolute Gasteiger partial charge is 0.0941 e. The summed E-state index contributed by atoms with van der Waals surface area (Å²) in [5.74, 6) is 1.60. The van der Waals surface area contributed by atoms with Gasteiger partial charge in [-0.1, -0.05) is 64.0 Å². The highest BCUT2D eigenvalue weighted by Crippen LogP contribution is 2.67. The van der Waals surface area contributed by atoms with E-state index in [1.807, 2.05) is 6.08 Å². The van der Waals surface area contributed by atoms with Crippen LogP contribution in [0.5, 0.6) is 0 Å². The van der Waals surface area contributed by atoms with Gasteiger partial charge in [0.1, 0.15) is 0 Å². The molecule has 0 aromatic heterocycles. The number of hydrogen-bond donors (Lipinski definition) is 3. The fourth-order valence-electron chi connectivity index (χ4n) is 8.32. The first-order valence-electron chi connectivity index (χ1n) is 13.2. The zero-order chi connectivity index (χ0) is 23.5. The van der Waals surface area contributed by atoms with Gasteiger partial charge in [0.05, 0.1) is 17.8 Å². The molecular weight excluding hydrogens is 396 g/mol. The zero-order valence-electron chi connectivity index (χ0n) is 21.2. The third-order valence-electron chi connectivity index (χ3n) is 10.6. The van der Waals surface area contributed by atoms with Gasteiger partial charge in [-0.05, 0) is 93.0 Å². The lowest BCUT2D eigenvalue weighted by Crippen LogP contribution is -2.55. The van der Waals surface area contributed by atoms with Crippen LogP contribution in [-0.2, 0) is 0 Å². The van der Waals surface area contributed by atoms with Crippen molar-refractivity contribution < 1.29 is 15.3 Å². The molecule has 4 aliphatic rings. The van der Waals surface area contributed by atoms with Gasteiger partial charge >= 0.3 is 0 Å². The minimum atomic E-state index is -0.649. The van der Waals surface area contributed by atoms with Crippen LogP contribution in [0.2, 0.25) is 0 Å². The molecule has 0 heterocycles. The fourth-order valence-corrected chi connectivity index (χ4v) is 8.32. The predicted molar refractivity (Wildman–Crippen MR) is 131 cm³/mol. The van der Waals surface area contributed by atoms with Crippen LogP contribution in [0.4, 0.5) is 0 Å². The Morgan fingerprint density at radius 2 is 1.72 bits per heavy atom. The van der Waals surface area contributed by atoms with E-state index < -0.39 is 17.8 Å². The Balaban J connectivity index is 1.61. The van der Waals surface area contributed by atoms with Gasteiger partial charge in [0.25, 0.3) is 0 Å². The van der Waals surface area contributed by atoms with Crippen LogP contribution in [0.1, 0.15) is 92.9 Å². The minimum absolute atomic E-state index is 0.0610. The Bertz CT molecular complexity index is 822. The van der Waals surface area contributed by atoms with Crippen molar-refractivity contribution in [2.75, 3.05) is 0 Å². The molecule has 8 unspecified atom stereocenters. The highest BCUT2D eigenvalue weighted by atomic mass is 16.3. The maximum Gasteiger partial charge on any atom is 0.0941 e. The van der Waals surface area contributed by atoms with Crippen LogP contribution < -0.4 is 0 Å². The Hall–Kier alpha value is -0.900. The van der Waals surface area contributed by atoms with Crippen LogP contribution in [0, 0.1) is 34.5 Å². The maximum absolute atomic E-state index is 12.2. The standard InChI is InChI=1S/C29H46O3/c1-7-20(18(2)3)9-8-19(4)29(32)15-12-24-22-17-26(31)25-16-21(30)10-13-27(25,5)23(22)11-14-28(24,29)6/h7,16-19,21,23-24,26,30-32H,8-15H2,1-6H3. The monoisotopic (exact) mass is 442 g/mol. The molecule has 3 nitrogen and oxygen atoms in total. The molecule has 0 aliphatic heterocycles. The van der Waals surface area contributed by atoms with E-state index in [2.05, 4.69) is 53.7 Å². The summed E-state index contributed by atoms with van der Waals surface area (Å²) in [4.78, 5) is 0. The average Bonchev–Trinajstić information content (AvgIpc) is 3.02. The van der Waals surface area contributed by atoms with Crippen molar-refractivity contribution in [3.05, 3.63) is 34.9 Å². The third kappa shape index (κ3) is 3.49. The molecule has 4 rings (SSSR count). The fraction of sp³-hybridized carbons (Fsp3) is 0.793. The predicted octanol–water partition coefficient (Wildman–Crippen LogP) is 5.95. The van der Waals surface area contributed by atoms with Gasteiger partial charge < -0.3 is 15.3 Å². The van der Waals surface area contributed by atoms with E-state index in [1.54, 1.807) is 0 Å². The van der Waals surface area contributed by atoms with E-state index >= 15 is 0 Å². The van der Waals surface area contributed by atoms with Crippen LogP contribution in [0.3, 0.4) is 0 Å². The molecule has 2 fully saturated rings. The molecule has 8 atom stereocenters. The molecule has 0 saturated heterocycles. The Kier molecular flexibility index (Phi) is 6.36. The topological polar surface area (TPSA) is 60.7 Å². The second-order valence-corrected chi connectivity index (χ2v) is 12.2. The molecule has 0 aromatic rings. The van der Waals surface area contributed by atoms with Gasteiger partial charge in [-0.2, -0.15) is 0 Å². The van der Waals surface area contributed by atoms with Gasteiger partial charge in [-0.15, -0.1) is 0 Å². The summed E-state index contributed by atoms with van der Waals surface area (Å²) in [7, 11) is 0. The molecule has 3 heteroatoms. The first-order chi connectivity index (χ1) is 15.0. The normalized spacial score (nSPS) is 45.0. The first-order valence-corrected chi connectivity index (χ1v) is 13.2. The van der Waals surface area contributed by atoms with E-state index in [0.717, 1.165) is 56.9 Å². The average molecular weight is 443 g/mol. The van der Waals surface area contributed by atoms with E-state index in [4.69, 9.17) is 0 Å². The van der Waals surface area contributed by atoms with E-state index in [1.165, 1.54) is 11.1 Å². The van der Waals surface area contributed by atoms with Crippen LogP contribution in [0.15, 0.2) is 34.9 Å². The maximum atomic E-state index is 12.2. The van der Waals surface area contributed by atoms with Crippen molar-refractivity contribution in [2.24, 2.45) is 34.5 Å². The van der Waals surface area contributed by atoms with Crippen molar-refractivity contribution in [1.82, 2.24) is 0 Å². The second-order valence-electron chi connectivity index (χ2n) is 12.2. The molecule has 2 saturated carbocycles. The molecule has 3 N–H and O–H groups in total. The first kappa shape index (κ1) is 24.2. The molecule has 4 aliphatic carbocycles. The molecule has 0 aromatic carbocycles. The minimum Gasteiger partial charge on any atom is -0.389 e. The lowest BCUT2D eigenvalue weighted by molar-refractivity contribution is -0.122. The van der Waals surface area contributed by atoms with E-state index in [-0.39, 0.29) is 16.7 Å². The molecule has 0 amide bonds. The molecule has 0 bridgehead atoms. The number of allylic oxidation sites excluding steroid dienone is 3. The number of hydrogen-bond acceptors (Lipinski definition) is 3. The zero-order valence-corrected chi connectivity index (χ0v) is 21.2. The summed E-state index contributed by atoms with van der Waals surface area (Å²) in [6.45, 7) is 13.6. The summed E-state index contributed by atoms with van der Waals surface area (Å²) in [6, 6.07) is 0. The van der Waals surface area contributed by atoms with Crippen LogP contribution in [-0.4, -0.2) is 33.1 Å². The molecule has 0 spiro atoms. The second kappa shape index (κ2) is 8.40. The van der Waals surface area contributed by atoms with Gasteiger partial charge in [-0.25, -0.2) is 0 Å². The van der Waals surface area contributed by atoms with Crippen LogP contribution >= 0.6 is 0 Å². The highest BCUT2D eigenvalue weighted by molar-refractivity contribution is 5.41. The quantitative estimate of drug-likeness (QED) is 0.461. The molecule has 180 valence electrons. The van der Waals surface area contributed by atoms with Crippen molar-refractivity contribution in [3.8, 4) is 0 Å². The summed E-state index contributed by atoms with van der Waals surface area (Å²) in [5.41, 5.74) is 3.09. The SMILES string of the molecule is CC=C(CCC(C)C1(O)CCC2C3=CC(O)C4=CC(O)CCC4(C)C3CCC21C)C(C)C. The van der Waals surface area contributed by atoms with Gasteiger partial charge in [0, 0.05) is 5.41 Å². The Morgan fingerprint density at radius 1 is 1.03 bits per heavy atom. The third-order valence-corrected chi connectivity index (χ3v) is 10.6. The lowest BCUT2D eigenvalue weighted by atomic mass is 9.48. The van der Waals surface area contributed by atoms with E-state index in [9.17, 15) is 15.3 Å². The van der Waals surface area contributed by atoms with E-state index in [0.29, 0.717) is 17.8 Å². The molecular formula is C29H46O3. The number of aliphatic hydroxyl groups excluding tert-OH is 2. The van der Waals surface area contributed by atoms with Crippen molar-refractivity contribution in [3.63, 3.8) is 0 Å². The van der Waals surface area contributed by atoms with Gasteiger partial charge in [-0.3, -0.25) is 0 Å². The largest absolute Gasteiger partial charge is 0.389 e. The van der Waals surface area contributed by atoms with Gasteiger partial charge in [0.15, 0.2) is 0 Å². The summed E-state index contributed by atoms with van der Waals surface area (Å²) < 4.78 is 0. The lowest BCUT2D eigenvalue weighted by Gasteiger charge is -2.57. The summed E-state index contributed by atoms with van der Waals surface area (Å²) in [5, 5.41) is 33.4. The van der Waals surface area contributed by atoms with Gasteiger partial charge in [0.2, 0.25) is 0 Å². The number of aliphatic hydroxyl groups is 3. The number of rotatable bonds is 5.